The Morgan fingerprint density at radius 1 is 1.38 bits per heavy atom. The lowest BCUT2D eigenvalue weighted by atomic mass is 10.0. The van der Waals surface area contributed by atoms with Gasteiger partial charge in [-0.15, -0.1) is 0 Å². The zero-order valence-electron chi connectivity index (χ0n) is 9.23. The van der Waals surface area contributed by atoms with Crippen LogP contribution in [-0.2, 0) is 11.2 Å². The minimum atomic E-state index is -1.09. The summed E-state index contributed by atoms with van der Waals surface area (Å²) in [7, 11) is 3.28. The molecule has 0 fully saturated rings. The van der Waals surface area contributed by atoms with Gasteiger partial charge in [-0.2, -0.15) is 0 Å². The van der Waals surface area contributed by atoms with E-state index in [2.05, 4.69) is 0 Å². The van der Waals surface area contributed by atoms with Gasteiger partial charge in [0.05, 0.1) is 12.0 Å². The summed E-state index contributed by atoms with van der Waals surface area (Å²) >= 11 is 0. The number of carboxylic acid groups (broad SMARTS) is 1. The molecule has 5 heteroatoms. The van der Waals surface area contributed by atoms with Gasteiger partial charge in [0.1, 0.15) is 0 Å². The van der Waals surface area contributed by atoms with Crippen LogP contribution in [0.3, 0.4) is 0 Å². The third-order valence-electron chi connectivity index (χ3n) is 2.27. The molecule has 1 amide bonds. The van der Waals surface area contributed by atoms with Crippen LogP contribution in [0, 0.1) is 0 Å². The Morgan fingerprint density at radius 2 is 2.00 bits per heavy atom. The minimum absolute atomic E-state index is 0.0315. The Bertz CT molecular complexity index is 427. The number of nitrogen functional groups attached to an aromatic ring is 1. The van der Waals surface area contributed by atoms with Crippen LogP contribution in [0.2, 0.25) is 0 Å². The zero-order valence-corrected chi connectivity index (χ0v) is 9.23. The van der Waals surface area contributed by atoms with Gasteiger partial charge in [0.2, 0.25) is 5.91 Å². The van der Waals surface area contributed by atoms with E-state index in [1.54, 1.807) is 26.2 Å². The van der Waals surface area contributed by atoms with Crippen molar-refractivity contribution in [1.29, 1.82) is 0 Å². The predicted molar refractivity (Wildman–Crippen MR) is 60.2 cm³/mol. The molecule has 0 aromatic heterocycles. The number of hydrogen-bond donors (Lipinski definition) is 2. The number of para-hydroxylation sites is 1. The highest BCUT2D eigenvalue weighted by molar-refractivity contribution is 5.95. The molecular formula is C11H14N2O3. The van der Waals surface area contributed by atoms with Crippen LogP contribution in [0.4, 0.5) is 5.69 Å². The van der Waals surface area contributed by atoms with E-state index in [1.807, 2.05) is 0 Å². The molecule has 0 radical (unpaired) electrons. The SMILES string of the molecule is CN(C)C(=O)Cc1cccc(C(=O)O)c1N. The molecule has 0 heterocycles. The van der Waals surface area contributed by atoms with E-state index in [-0.39, 0.29) is 23.6 Å². The third kappa shape index (κ3) is 2.50. The molecule has 0 aliphatic carbocycles. The molecule has 1 aromatic rings. The van der Waals surface area contributed by atoms with E-state index in [0.29, 0.717) is 5.56 Å². The van der Waals surface area contributed by atoms with Crippen LogP contribution in [0.5, 0.6) is 0 Å². The predicted octanol–water partition coefficient (Wildman–Crippen LogP) is 0.598. The van der Waals surface area contributed by atoms with Crippen molar-refractivity contribution in [3.8, 4) is 0 Å². The fourth-order valence-electron chi connectivity index (χ4n) is 1.27. The van der Waals surface area contributed by atoms with Crippen LogP contribution in [0.15, 0.2) is 18.2 Å². The Labute approximate surface area is 93.5 Å². The van der Waals surface area contributed by atoms with Gasteiger partial charge < -0.3 is 15.7 Å². The largest absolute Gasteiger partial charge is 0.478 e. The van der Waals surface area contributed by atoms with Crippen LogP contribution in [0.25, 0.3) is 0 Å². The average Bonchev–Trinajstić information content (AvgIpc) is 2.20. The Morgan fingerprint density at radius 3 is 2.50 bits per heavy atom. The van der Waals surface area contributed by atoms with Crippen LogP contribution >= 0.6 is 0 Å². The normalized spacial score (nSPS) is 9.88. The monoisotopic (exact) mass is 222 g/mol. The molecule has 0 saturated heterocycles. The lowest BCUT2D eigenvalue weighted by molar-refractivity contribution is -0.127. The minimum Gasteiger partial charge on any atom is -0.478 e. The number of amides is 1. The van der Waals surface area contributed by atoms with Gasteiger partial charge in [0.25, 0.3) is 0 Å². The smallest absolute Gasteiger partial charge is 0.337 e. The fraction of sp³-hybridized carbons (Fsp3) is 0.273. The maximum atomic E-state index is 11.5. The second-order valence-electron chi connectivity index (χ2n) is 3.65. The zero-order chi connectivity index (χ0) is 12.3. The van der Waals surface area contributed by atoms with Gasteiger partial charge in [-0.25, -0.2) is 4.79 Å². The van der Waals surface area contributed by atoms with Crippen molar-refractivity contribution in [2.24, 2.45) is 0 Å². The van der Waals surface area contributed by atoms with E-state index in [1.165, 1.54) is 11.0 Å². The second kappa shape index (κ2) is 4.65. The summed E-state index contributed by atoms with van der Waals surface area (Å²) in [6.45, 7) is 0. The number of aromatic carboxylic acids is 1. The number of carboxylic acids is 1. The van der Waals surface area contributed by atoms with Gasteiger partial charge in [0, 0.05) is 19.8 Å². The molecule has 1 aromatic carbocycles. The molecule has 0 saturated carbocycles. The van der Waals surface area contributed by atoms with E-state index < -0.39 is 5.97 Å². The summed E-state index contributed by atoms with van der Waals surface area (Å²) in [6.07, 6.45) is 0.111. The quantitative estimate of drug-likeness (QED) is 0.733. The van der Waals surface area contributed by atoms with Crippen molar-refractivity contribution in [3.05, 3.63) is 29.3 Å². The molecule has 0 spiro atoms. The van der Waals surface area contributed by atoms with Gasteiger partial charge in [-0.05, 0) is 11.6 Å². The highest BCUT2D eigenvalue weighted by Gasteiger charge is 2.13. The second-order valence-corrected chi connectivity index (χ2v) is 3.65. The van der Waals surface area contributed by atoms with Crippen molar-refractivity contribution >= 4 is 17.6 Å². The number of nitrogens with two attached hydrogens (primary N) is 1. The molecule has 86 valence electrons. The number of anilines is 1. The fourth-order valence-corrected chi connectivity index (χ4v) is 1.27. The standard InChI is InChI=1S/C11H14N2O3/c1-13(2)9(14)6-7-4-3-5-8(10(7)12)11(15)16/h3-5H,6,12H2,1-2H3,(H,15,16). The first-order valence-electron chi connectivity index (χ1n) is 4.74. The molecule has 0 aliphatic rings. The number of likely N-dealkylation sites (N-methyl/N-ethyl adjacent to an activating group) is 1. The number of hydrogen-bond acceptors (Lipinski definition) is 3. The number of benzene rings is 1. The van der Waals surface area contributed by atoms with Crippen LogP contribution < -0.4 is 5.73 Å². The molecule has 3 N–H and O–H groups in total. The summed E-state index contributed by atoms with van der Waals surface area (Å²) in [5.41, 5.74) is 6.41. The van der Waals surface area contributed by atoms with Gasteiger partial charge in [0.15, 0.2) is 0 Å². The Kier molecular flexibility index (Phi) is 3.50. The number of rotatable bonds is 3. The molecular weight excluding hydrogens is 208 g/mol. The Hall–Kier alpha value is -2.04. The van der Waals surface area contributed by atoms with Crippen molar-refractivity contribution in [2.75, 3.05) is 19.8 Å². The molecule has 16 heavy (non-hydrogen) atoms. The van der Waals surface area contributed by atoms with Gasteiger partial charge in [-0.3, -0.25) is 4.79 Å². The lowest BCUT2D eigenvalue weighted by Crippen LogP contribution is -2.24. The molecule has 1 rings (SSSR count). The molecule has 0 atom stereocenters. The highest BCUT2D eigenvalue weighted by atomic mass is 16.4. The van der Waals surface area contributed by atoms with Crippen molar-refractivity contribution in [3.63, 3.8) is 0 Å². The van der Waals surface area contributed by atoms with Crippen LogP contribution in [-0.4, -0.2) is 36.0 Å². The molecule has 0 aliphatic heterocycles. The summed E-state index contributed by atoms with van der Waals surface area (Å²) in [5, 5.41) is 8.86. The third-order valence-corrected chi connectivity index (χ3v) is 2.27. The number of nitrogens with zero attached hydrogens (tertiary/aromatic N) is 1. The Balaban J connectivity index is 3.02. The van der Waals surface area contributed by atoms with E-state index in [4.69, 9.17) is 10.8 Å². The highest BCUT2D eigenvalue weighted by Crippen LogP contribution is 2.18. The van der Waals surface area contributed by atoms with Gasteiger partial charge in [-0.1, -0.05) is 12.1 Å². The summed E-state index contributed by atoms with van der Waals surface area (Å²) in [6, 6.07) is 4.66. The van der Waals surface area contributed by atoms with Crippen LogP contribution in [0.1, 0.15) is 15.9 Å². The first kappa shape index (κ1) is 12.0. The summed E-state index contributed by atoms with van der Waals surface area (Å²) in [5.74, 6) is -1.20. The lowest BCUT2D eigenvalue weighted by Gasteiger charge is -2.12. The molecule has 5 nitrogen and oxygen atoms in total. The maximum Gasteiger partial charge on any atom is 0.337 e. The molecule has 0 unspecified atom stereocenters. The maximum absolute atomic E-state index is 11.5. The first-order valence-corrected chi connectivity index (χ1v) is 4.74. The van der Waals surface area contributed by atoms with E-state index in [9.17, 15) is 9.59 Å². The van der Waals surface area contributed by atoms with Crippen molar-refractivity contribution < 1.29 is 14.7 Å². The van der Waals surface area contributed by atoms with Gasteiger partial charge >= 0.3 is 5.97 Å². The summed E-state index contributed by atoms with van der Waals surface area (Å²) < 4.78 is 0. The first-order chi connectivity index (χ1) is 7.43. The van der Waals surface area contributed by atoms with E-state index >= 15 is 0 Å². The number of carbonyl (C=O) groups excluding carboxylic acids is 1. The summed E-state index contributed by atoms with van der Waals surface area (Å²) in [4.78, 5) is 23.7. The van der Waals surface area contributed by atoms with E-state index in [0.717, 1.165) is 0 Å². The van der Waals surface area contributed by atoms with Crippen molar-refractivity contribution in [2.45, 2.75) is 6.42 Å². The average molecular weight is 222 g/mol. The molecule has 0 bridgehead atoms. The topological polar surface area (TPSA) is 83.6 Å². The van der Waals surface area contributed by atoms with Crippen molar-refractivity contribution in [1.82, 2.24) is 4.90 Å². The number of carbonyl (C=O) groups is 2.